The van der Waals surface area contributed by atoms with E-state index in [2.05, 4.69) is 22.2 Å². The van der Waals surface area contributed by atoms with E-state index in [1.165, 1.54) is 12.3 Å². The summed E-state index contributed by atoms with van der Waals surface area (Å²) in [4.78, 5) is 31.9. The van der Waals surface area contributed by atoms with Crippen molar-refractivity contribution >= 4 is 17.6 Å². The number of piperidine rings is 1. The number of ether oxygens (including phenoxy) is 1. The molecule has 4 rings (SSSR count). The van der Waals surface area contributed by atoms with Crippen molar-refractivity contribution in [2.45, 2.75) is 45.7 Å². The number of carbonyl (C=O) groups is 2. The maximum atomic E-state index is 14.2. The molecule has 2 N–H and O–H groups in total. The maximum absolute atomic E-state index is 14.2. The number of hydrogen-bond donors (Lipinski definition) is 2. The fourth-order valence-corrected chi connectivity index (χ4v) is 4.60. The average Bonchev–Trinajstić information content (AvgIpc) is 2.92. The molecule has 0 radical (unpaired) electrons. The van der Waals surface area contributed by atoms with Gasteiger partial charge in [0.25, 0.3) is 11.8 Å². The third kappa shape index (κ3) is 6.02. The Morgan fingerprint density at radius 2 is 2.00 bits per heavy atom. The first-order valence-electron chi connectivity index (χ1n) is 12.7. The lowest BCUT2D eigenvalue weighted by atomic mass is 10.0. The Morgan fingerprint density at radius 1 is 1.18 bits per heavy atom. The van der Waals surface area contributed by atoms with E-state index < -0.39 is 0 Å². The smallest absolute Gasteiger partial charge is 0.253 e. The molecule has 1 aliphatic heterocycles. The highest BCUT2D eigenvalue weighted by atomic mass is 19.1. The fraction of sp³-hybridized carbons (Fsp3) is 0.300. The molecule has 3 aromatic rings. The largest absolute Gasteiger partial charge is 0.496 e. The molecule has 1 aromatic heterocycles. The minimum atomic E-state index is -0.324. The van der Waals surface area contributed by atoms with Gasteiger partial charge in [-0.25, -0.2) is 9.37 Å². The van der Waals surface area contributed by atoms with Gasteiger partial charge in [-0.15, -0.1) is 0 Å². The zero-order valence-corrected chi connectivity index (χ0v) is 22.0. The van der Waals surface area contributed by atoms with Crippen LogP contribution < -0.4 is 20.3 Å². The van der Waals surface area contributed by atoms with Gasteiger partial charge in [0.1, 0.15) is 17.4 Å². The van der Waals surface area contributed by atoms with E-state index in [1.807, 2.05) is 30.9 Å². The third-order valence-electron chi connectivity index (χ3n) is 6.90. The van der Waals surface area contributed by atoms with Crippen LogP contribution in [0.2, 0.25) is 0 Å². The van der Waals surface area contributed by atoms with Crippen molar-refractivity contribution in [3.63, 3.8) is 0 Å². The topological polar surface area (TPSA) is 83.6 Å². The summed E-state index contributed by atoms with van der Waals surface area (Å²) in [6.07, 6.45) is 3.57. The molecule has 38 heavy (non-hydrogen) atoms. The molecule has 1 saturated heterocycles. The Hall–Kier alpha value is -4.20. The zero-order chi connectivity index (χ0) is 27.2. The molecule has 1 aliphatic rings. The summed E-state index contributed by atoms with van der Waals surface area (Å²) in [5, 5.41) is 5.86. The lowest BCUT2D eigenvalue weighted by Crippen LogP contribution is -2.43. The summed E-state index contributed by atoms with van der Waals surface area (Å²) in [5.74, 6) is 0.576. The number of halogens is 1. The van der Waals surface area contributed by atoms with E-state index >= 15 is 0 Å². The molecule has 1 fully saturated rings. The summed E-state index contributed by atoms with van der Waals surface area (Å²) in [6, 6.07) is 13.9. The van der Waals surface area contributed by atoms with Crippen molar-refractivity contribution in [3.8, 4) is 5.75 Å². The molecular formula is C30H33FN4O3. The average molecular weight is 517 g/mol. The molecule has 2 amide bonds. The van der Waals surface area contributed by atoms with Crippen LogP contribution in [-0.4, -0.2) is 36.5 Å². The number of nitrogens with zero attached hydrogens (tertiary/aromatic N) is 2. The summed E-state index contributed by atoms with van der Waals surface area (Å²) in [6.45, 7) is 8.75. The number of rotatable bonds is 8. The van der Waals surface area contributed by atoms with E-state index in [4.69, 9.17) is 4.74 Å². The molecule has 1 atom stereocenters. The Labute approximate surface area is 222 Å². The van der Waals surface area contributed by atoms with Gasteiger partial charge in [-0.1, -0.05) is 31.7 Å². The first-order chi connectivity index (χ1) is 18.3. The van der Waals surface area contributed by atoms with Crippen molar-refractivity contribution < 1.29 is 18.7 Å². The van der Waals surface area contributed by atoms with E-state index in [9.17, 15) is 14.0 Å². The van der Waals surface area contributed by atoms with Gasteiger partial charge < -0.3 is 20.3 Å². The van der Waals surface area contributed by atoms with Crippen LogP contribution in [0.25, 0.3) is 0 Å². The molecule has 2 aromatic carbocycles. The fourth-order valence-electron chi connectivity index (χ4n) is 4.60. The maximum Gasteiger partial charge on any atom is 0.253 e. The zero-order valence-electron chi connectivity index (χ0n) is 22.0. The van der Waals surface area contributed by atoms with Crippen molar-refractivity contribution in [2.24, 2.45) is 0 Å². The number of hydrogen-bond acceptors (Lipinski definition) is 5. The number of aryl methyl sites for hydroxylation is 1. The Bertz CT molecular complexity index is 1340. The van der Waals surface area contributed by atoms with Gasteiger partial charge in [-0.2, -0.15) is 0 Å². The SMILES string of the molecule is C=C1CC(NC(=O)c2cccc(OC)c2C)CCN1c1ccc(C(=O)NCc2ccc(CC)cc2F)cn1. The van der Waals surface area contributed by atoms with E-state index in [-0.39, 0.29) is 30.2 Å². The summed E-state index contributed by atoms with van der Waals surface area (Å²) in [5.41, 5.74) is 3.97. The highest BCUT2D eigenvalue weighted by Crippen LogP contribution is 2.26. The second-order valence-electron chi connectivity index (χ2n) is 9.38. The van der Waals surface area contributed by atoms with Gasteiger partial charge in [0.05, 0.1) is 12.7 Å². The summed E-state index contributed by atoms with van der Waals surface area (Å²) < 4.78 is 19.5. The number of pyridine rings is 1. The van der Waals surface area contributed by atoms with Gasteiger partial charge in [0.15, 0.2) is 0 Å². The standard InChI is InChI=1S/C30H33FN4O3/c1-5-21-9-10-22(26(31)16-21)17-33-29(36)23-11-12-28(32-18-23)35-14-13-24(15-19(35)2)34-30(37)25-7-6-8-27(38-4)20(25)3/h6-12,16,18,24H,2,5,13-15,17H2,1,3-4H3,(H,33,36)(H,34,37). The number of aromatic nitrogens is 1. The Kier molecular flexibility index (Phi) is 8.41. The quantitative estimate of drug-likeness (QED) is 0.443. The molecule has 1 unspecified atom stereocenters. The highest BCUT2D eigenvalue weighted by Gasteiger charge is 2.26. The van der Waals surface area contributed by atoms with E-state index in [0.717, 1.165) is 29.7 Å². The number of benzene rings is 2. The summed E-state index contributed by atoms with van der Waals surface area (Å²) in [7, 11) is 1.59. The predicted octanol–water partition coefficient (Wildman–Crippen LogP) is 4.94. The molecule has 198 valence electrons. The van der Waals surface area contributed by atoms with Crippen LogP contribution in [0.3, 0.4) is 0 Å². The monoisotopic (exact) mass is 516 g/mol. The minimum Gasteiger partial charge on any atom is -0.496 e. The van der Waals surface area contributed by atoms with Crippen LogP contribution in [0, 0.1) is 12.7 Å². The second kappa shape index (κ2) is 11.9. The van der Waals surface area contributed by atoms with Crippen molar-refractivity contribution in [1.29, 1.82) is 0 Å². The predicted molar refractivity (Wildman–Crippen MR) is 146 cm³/mol. The molecule has 2 heterocycles. The molecule has 0 saturated carbocycles. The van der Waals surface area contributed by atoms with Gasteiger partial charge in [0.2, 0.25) is 0 Å². The molecule has 0 aliphatic carbocycles. The van der Waals surface area contributed by atoms with Gasteiger partial charge in [-0.3, -0.25) is 9.59 Å². The van der Waals surface area contributed by atoms with Crippen molar-refractivity contribution in [1.82, 2.24) is 15.6 Å². The molecule has 7 nitrogen and oxygen atoms in total. The van der Waals surface area contributed by atoms with E-state index in [0.29, 0.717) is 41.2 Å². The van der Waals surface area contributed by atoms with Crippen LogP contribution in [0.5, 0.6) is 5.75 Å². The van der Waals surface area contributed by atoms with Gasteiger partial charge in [-0.05, 0) is 55.7 Å². The number of methoxy groups -OCH3 is 1. The van der Waals surface area contributed by atoms with Crippen LogP contribution in [-0.2, 0) is 13.0 Å². The van der Waals surface area contributed by atoms with Gasteiger partial charge >= 0.3 is 0 Å². The van der Waals surface area contributed by atoms with Crippen molar-refractivity contribution in [2.75, 3.05) is 18.6 Å². The van der Waals surface area contributed by atoms with E-state index in [1.54, 1.807) is 37.4 Å². The number of carbonyl (C=O) groups excluding carboxylic acids is 2. The third-order valence-corrected chi connectivity index (χ3v) is 6.90. The first kappa shape index (κ1) is 26.9. The van der Waals surface area contributed by atoms with Crippen molar-refractivity contribution in [3.05, 3.63) is 101 Å². The van der Waals surface area contributed by atoms with Crippen LogP contribution in [0.1, 0.15) is 57.2 Å². The number of nitrogens with one attached hydrogen (secondary N) is 2. The van der Waals surface area contributed by atoms with Crippen LogP contribution >= 0.6 is 0 Å². The van der Waals surface area contributed by atoms with Crippen LogP contribution in [0.15, 0.2) is 67.0 Å². The molecule has 0 spiro atoms. The summed E-state index contributed by atoms with van der Waals surface area (Å²) >= 11 is 0. The lowest BCUT2D eigenvalue weighted by molar-refractivity contribution is 0.0929. The Balaban J connectivity index is 1.32. The molecule has 8 heteroatoms. The minimum absolute atomic E-state index is 0.0475. The van der Waals surface area contributed by atoms with Crippen LogP contribution in [0.4, 0.5) is 10.2 Å². The number of anilines is 1. The Morgan fingerprint density at radius 3 is 2.66 bits per heavy atom. The highest BCUT2D eigenvalue weighted by molar-refractivity contribution is 5.96. The normalized spacial score (nSPS) is 15.2. The first-order valence-corrected chi connectivity index (χ1v) is 12.7. The van der Waals surface area contributed by atoms with Gasteiger partial charge in [0, 0.05) is 54.1 Å². The second-order valence-corrected chi connectivity index (χ2v) is 9.38. The molecular weight excluding hydrogens is 483 g/mol. The number of amides is 2. The molecule has 0 bridgehead atoms. The lowest BCUT2D eigenvalue weighted by Gasteiger charge is -2.35.